The zero-order chi connectivity index (χ0) is 22.2. The van der Waals surface area contributed by atoms with Crippen molar-refractivity contribution in [3.8, 4) is 11.5 Å². The van der Waals surface area contributed by atoms with Crippen molar-refractivity contribution in [1.82, 2.24) is 9.80 Å². The summed E-state index contributed by atoms with van der Waals surface area (Å²) in [5.74, 6) is 2.83. The number of benzene rings is 2. The van der Waals surface area contributed by atoms with Crippen LogP contribution in [-0.4, -0.2) is 47.5 Å². The third-order valence-corrected chi connectivity index (χ3v) is 8.00. The summed E-state index contributed by atoms with van der Waals surface area (Å²) < 4.78 is 5.88. The number of para-hydroxylation sites is 1. The molecule has 0 radical (unpaired) electrons. The summed E-state index contributed by atoms with van der Waals surface area (Å²) in [5.41, 5.74) is 2.33. The van der Waals surface area contributed by atoms with Crippen LogP contribution in [0.2, 0.25) is 0 Å². The molecule has 2 amide bonds. The number of ether oxygens (including phenoxy) is 1. The van der Waals surface area contributed by atoms with Crippen LogP contribution < -0.4 is 10.1 Å². The van der Waals surface area contributed by atoms with E-state index in [9.17, 15) is 4.79 Å². The Labute approximate surface area is 196 Å². The van der Waals surface area contributed by atoms with Crippen LogP contribution in [0.4, 0.5) is 10.5 Å². The minimum atomic E-state index is 0.0292. The van der Waals surface area contributed by atoms with E-state index in [1.165, 1.54) is 37.8 Å². The van der Waals surface area contributed by atoms with E-state index in [0.29, 0.717) is 11.8 Å². The van der Waals surface area contributed by atoms with E-state index >= 15 is 0 Å². The van der Waals surface area contributed by atoms with Crippen molar-refractivity contribution in [1.29, 1.82) is 0 Å². The lowest BCUT2D eigenvalue weighted by molar-refractivity contribution is 0.00908. The Morgan fingerprint density at radius 3 is 2.61 bits per heavy atom. The average molecular weight is 444 g/mol. The predicted octanol–water partition coefficient (Wildman–Crippen LogP) is 5.91. The second-order valence-corrected chi connectivity index (χ2v) is 10.1. The first kappa shape index (κ1) is 20.8. The zero-order valence-electron chi connectivity index (χ0n) is 19.2. The van der Waals surface area contributed by atoms with Gasteiger partial charge in [-0.05, 0) is 86.9 Å². The number of carbonyl (C=O) groups excluding carboxylic acids is 1. The van der Waals surface area contributed by atoms with Crippen molar-refractivity contribution >= 4 is 11.7 Å². The van der Waals surface area contributed by atoms with Crippen LogP contribution in [0.3, 0.4) is 0 Å². The van der Waals surface area contributed by atoms with E-state index in [1.54, 1.807) is 0 Å². The van der Waals surface area contributed by atoms with Crippen LogP contribution in [0.15, 0.2) is 66.2 Å². The zero-order valence-corrected chi connectivity index (χ0v) is 19.2. The first-order valence-corrected chi connectivity index (χ1v) is 12.6. The Hall–Kier alpha value is -2.79. The van der Waals surface area contributed by atoms with Crippen molar-refractivity contribution in [2.75, 3.05) is 25.0 Å². The molecule has 3 aliphatic heterocycles. The number of nitrogens with one attached hydrogen (secondary N) is 1. The molecular weight excluding hydrogens is 410 g/mol. The number of hydrogen-bond donors (Lipinski definition) is 1. The van der Waals surface area contributed by atoms with Gasteiger partial charge in [0.05, 0.1) is 6.04 Å². The molecule has 2 aromatic rings. The molecule has 4 atom stereocenters. The number of hydrogen-bond acceptors (Lipinski definition) is 3. The van der Waals surface area contributed by atoms with Crippen molar-refractivity contribution in [2.45, 2.75) is 50.6 Å². The number of carbonyl (C=O) groups is 1. The van der Waals surface area contributed by atoms with Crippen molar-refractivity contribution < 1.29 is 9.53 Å². The minimum Gasteiger partial charge on any atom is -0.457 e. The van der Waals surface area contributed by atoms with Crippen LogP contribution in [-0.2, 0) is 0 Å². The van der Waals surface area contributed by atoms with Crippen molar-refractivity contribution in [3.05, 3.63) is 66.2 Å². The molecule has 33 heavy (non-hydrogen) atoms. The molecule has 6 rings (SSSR count). The van der Waals surface area contributed by atoms with Gasteiger partial charge in [-0.3, -0.25) is 4.90 Å². The largest absolute Gasteiger partial charge is 0.457 e. The van der Waals surface area contributed by atoms with E-state index in [1.807, 2.05) is 54.6 Å². The van der Waals surface area contributed by atoms with Crippen molar-refractivity contribution in [3.63, 3.8) is 0 Å². The highest BCUT2D eigenvalue weighted by Crippen LogP contribution is 2.45. The predicted molar refractivity (Wildman–Crippen MR) is 131 cm³/mol. The fourth-order valence-corrected chi connectivity index (χ4v) is 6.63. The molecule has 172 valence electrons. The van der Waals surface area contributed by atoms with E-state index < -0.39 is 0 Å². The maximum atomic E-state index is 13.4. The first-order valence-electron chi connectivity index (χ1n) is 12.6. The molecule has 3 heterocycles. The van der Waals surface area contributed by atoms with Gasteiger partial charge in [-0.1, -0.05) is 36.3 Å². The Bertz CT molecular complexity index is 1020. The highest BCUT2D eigenvalue weighted by Gasteiger charge is 2.46. The maximum absolute atomic E-state index is 13.4. The molecular formula is C28H33N3O2. The number of fused-ring (bicyclic) bond motifs is 6. The molecule has 0 spiro atoms. The SMILES string of the molecule is O=C(Nc1ccc(Oc2ccccc2)cc1)N1CCCC2=C[C@@H]3C[C@H](CN4CCCCC34)C21. The summed E-state index contributed by atoms with van der Waals surface area (Å²) in [7, 11) is 0. The Kier molecular flexibility index (Phi) is 5.58. The molecule has 3 saturated heterocycles. The lowest BCUT2D eigenvalue weighted by Crippen LogP contribution is -2.60. The van der Waals surface area contributed by atoms with Gasteiger partial charge in [-0.15, -0.1) is 0 Å². The summed E-state index contributed by atoms with van der Waals surface area (Å²) in [6.45, 7) is 3.23. The second-order valence-electron chi connectivity index (χ2n) is 10.1. The third kappa shape index (κ3) is 4.15. The highest BCUT2D eigenvalue weighted by atomic mass is 16.5. The second kappa shape index (κ2) is 8.86. The number of nitrogens with zero attached hydrogens (tertiary/aromatic N) is 2. The molecule has 2 bridgehead atoms. The van der Waals surface area contributed by atoms with Gasteiger partial charge in [0.15, 0.2) is 0 Å². The lowest BCUT2D eigenvalue weighted by Gasteiger charge is -2.54. The lowest BCUT2D eigenvalue weighted by atomic mass is 9.68. The molecule has 2 unspecified atom stereocenters. The number of piperidine rings is 3. The molecule has 0 saturated carbocycles. The van der Waals surface area contributed by atoms with E-state index in [0.717, 1.165) is 49.2 Å². The van der Waals surface area contributed by atoms with Gasteiger partial charge in [0, 0.05) is 24.8 Å². The average Bonchev–Trinajstić information content (AvgIpc) is 2.85. The Morgan fingerprint density at radius 1 is 0.939 bits per heavy atom. The maximum Gasteiger partial charge on any atom is 0.322 e. The number of urea groups is 1. The molecule has 1 N–H and O–H groups in total. The molecule has 3 fully saturated rings. The Morgan fingerprint density at radius 2 is 1.76 bits per heavy atom. The highest BCUT2D eigenvalue weighted by molar-refractivity contribution is 5.90. The smallest absolute Gasteiger partial charge is 0.322 e. The quantitative estimate of drug-likeness (QED) is 0.600. The van der Waals surface area contributed by atoms with Gasteiger partial charge in [0.2, 0.25) is 0 Å². The van der Waals surface area contributed by atoms with Gasteiger partial charge in [0.1, 0.15) is 11.5 Å². The summed E-state index contributed by atoms with van der Waals surface area (Å²) in [6.07, 6.45) is 10.1. The fourth-order valence-electron chi connectivity index (χ4n) is 6.63. The topological polar surface area (TPSA) is 44.8 Å². The van der Waals surface area contributed by atoms with E-state index in [-0.39, 0.29) is 12.1 Å². The molecule has 4 aliphatic rings. The molecule has 1 aliphatic carbocycles. The molecule has 0 aromatic heterocycles. The summed E-state index contributed by atoms with van der Waals surface area (Å²) in [4.78, 5) is 18.2. The van der Waals surface area contributed by atoms with E-state index in [4.69, 9.17) is 4.74 Å². The van der Waals surface area contributed by atoms with Gasteiger partial charge >= 0.3 is 6.03 Å². The van der Waals surface area contributed by atoms with Gasteiger partial charge < -0.3 is 15.0 Å². The molecule has 2 aromatic carbocycles. The van der Waals surface area contributed by atoms with Crippen LogP contribution in [0.5, 0.6) is 11.5 Å². The Balaban J connectivity index is 1.15. The number of rotatable bonds is 3. The molecule has 5 nitrogen and oxygen atoms in total. The minimum absolute atomic E-state index is 0.0292. The third-order valence-electron chi connectivity index (χ3n) is 8.00. The fraction of sp³-hybridized carbons (Fsp3) is 0.464. The van der Waals surface area contributed by atoms with Gasteiger partial charge in [-0.2, -0.15) is 0 Å². The number of anilines is 1. The van der Waals surface area contributed by atoms with Crippen LogP contribution in [0, 0.1) is 11.8 Å². The number of amides is 2. The summed E-state index contributed by atoms with van der Waals surface area (Å²) in [5, 5.41) is 3.16. The summed E-state index contributed by atoms with van der Waals surface area (Å²) in [6, 6.07) is 18.4. The molecule has 5 heteroatoms. The van der Waals surface area contributed by atoms with E-state index in [2.05, 4.69) is 21.2 Å². The standard InChI is InChI=1S/C28H33N3O2/c32-28(29-23-11-13-25(14-12-23)33-24-8-2-1-3-9-24)31-16-6-7-20-17-21-18-22(27(20)31)19-30-15-5-4-10-26(21)30/h1-3,8-9,11-14,17,21-22,26-27H,4-7,10,15-16,18-19H2,(H,29,32)/t21-,22-,26?,27?/m1/s1. The van der Waals surface area contributed by atoms with Crippen LogP contribution >= 0.6 is 0 Å². The van der Waals surface area contributed by atoms with Crippen LogP contribution in [0.1, 0.15) is 38.5 Å². The van der Waals surface area contributed by atoms with Crippen molar-refractivity contribution in [2.24, 2.45) is 11.8 Å². The normalized spacial score (nSPS) is 28.8. The van der Waals surface area contributed by atoms with Gasteiger partial charge in [-0.25, -0.2) is 4.79 Å². The van der Waals surface area contributed by atoms with Crippen LogP contribution in [0.25, 0.3) is 0 Å². The monoisotopic (exact) mass is 443 g/mol. The summed E-state index contributed by atoms with van der Waals surface area (Å²) >= 11 is 0. The first-order chi connectivity index (χ1) is 16.2. The number of likely N-dealkylation sites (tertiary alicyclic amines) is 1. The van der Waals surface area contributed by atoms with Gasteiger partial charge in [0.25, 0.3) is 0 Å².